The van der Waals surface area contributed by atoms with Gasteiger partial charge in [-0.3, -0.25) is 0 Å². The van der Waals surface area contributed by atoms with Crippen LogP contribution in [0.25, 0.3) is 104 Å². The van der Waals surface area contributed by atoms with E-state index in [1.807, 2.05) is 0 Å². The van der Waals surface area contributed by atoms with Crippen LogP contribution in [0.4, 0.5) is 17.1 Å². The highest BCUT2D eigenvalue weighted by molar-refractivity contribution is 6.18. The molecule has 1 aromatic heterocycles. The summed E-state index contributed by atoms with van der Waals surface area (Å²) in [5.41, 5.74) is 16.4. The van der Waals surface area contributed by atoms with E-state index in [0.29, 0.717) is 0 Å². The quantitative estimate of drug-likeness (QED) is 0.148. The molecule has 0 unspecified atom stereocenters. The Hall–Kier alpha value is -8.98. The van der Waals surface area contributed by atoms with Gasteiger partial charge in [0.1, 0.15) is 0 Å². The Balaban J connectivity index is 0.923. The predicted octanol–water partition coefficient (Wildman–Crippen LogP) is 18.4. The summed E-state index contributed by atoms with van der Waals surface area (Å²) in [6.07, 6.45) is 0. The van der Waals surface area contributed by atoms with Crippen molar-refractivity contribution in [1.29, 1.82) is 0 Å². The molecule has 1 heterocycles. The number of nitrogens with zero attached hydrogens (tertiary/aromatic N) is 2. The highest BCUT2D eigenvalue weighted by atomic mass is 15.1. The molecule has 0 saturated heterocycles. The van der Waals surface area contributed by atoms with Gasteiger partial charge in [-0.1, -0.05) is 194 Å². The Bertz CT molecular complexity index is 3990. The van der Waals surface area contributed by atoms with Gasteiger partial charge in [-0.25, -0.2) is 0 Å². The first-order valence-corrected chi connectivity index (χ1v) is 23.4. The standard InChI is InChI=1S/C66H44N2/c1-2-20-56(21-3-1)68-64-26-12-25-62(66(64)63-43-52-16-6-7-17-53(52)44-65(63)68)55-19-10-22-59(42-55)67(58-39-35-48(36-40-58)54-32-29-45-13-4-5-15-51(45)41-54)57-37-33-47(34-38-57)46-27-30-50(31-28-46)61-24-11-18-49-14-8-9-23-60(49)61/h1-44H. The van der Waals surface area contributed by atoms with E-state index in [1.165, 1.54) is 93.1 Å². The van der Waals surface area contributed by atoms with Gasteiger partial charge in [0, 0.05) is 33.5 Å². The molecule has 0 radical (unpaired) electrons. The van der Waals surface area contributed by atoms with Crippen LogP contribution in [0.1, 0.15) is 0 Å². The summed E-state index contributed by atoms with van der Waals surface area (Å²) in [4.78, 5) is 2.39. The molecule has 0 aliphatic rings. The Kier molecular flexibility index (Phi) is 9.54. The lowest BCUT2D eigenvalue weighted by Gasteiger charge is -2.26. The smallest absolute Gasteiger partial charge is 0.0547 e. The van der Waals surface area contributed by atoms with Crippen LogP contribution < -0.4 is 4.90 Å². The van der Waals surface area contributed by atoms with E-state index in [0.717, 1.165) is 28.3 Å². The van der Waals surface area contributed by atoms with Gasteiger partial charge in [0.25, 0.3) is 0 Å². The second kappa shape index (κ2) is 16.5. The van der Waals surface area contributed by atoms with Crippen molar-refractivity contribution in [3.8, 4) is 50.2 Å². The molecule has 0 atom stereocenters. The molecule has 0 amide bonds. The number of para-hydroxylation sites is 1. The van der Waals surface area contributed by atoms with Crippen molar-refractivity contribution >= 4 is 71.2 Å². The minimum atomic E-state index is 1.09. The van der Waals surface area contributed by atoms with Crippen LogP contribution in [-0.4, -0.2) is 4.57 Å². The molecule has 0 aliphatic heterocycles. The zero-order valence-corrected chi connectivity index (χ0v) is 37.3. The van der Waals surface area contributed by atoms with E-state index < -0.39 is 0 Å². The van der Waals surface area contributed by atoms with E-state index in [-0.39, 0.29) is 0 Å². The lowest BCUT2D eigenvalue weighted by molar-refractivity contribution is 1.18. The third-order valence-corrected chi connectivity index (χ3v) is 13.7. The zero-order chi connectivity index (χ0) is 45.0. The van der Waals surface area contributed by atoms with Crippen molar-refractivity contribution in [2.24, 2.45) is 0 Å². The number of hydrogen-bond donors (Lipinski definition) is 0. The largest absolute Gasteiger partial charge is 0.310 e. The third-order valence-electron chi connectivity index (χ3n) is 13.7. The molecule has 13 aromatic rings. The van der Waals surface area contributed by atoms with Gasteiger partial charge in [-0.2, -0.15) is 0 Å². The first kappa shape index (κ1) is 39.4. The molecule has 0 aliphatic carbocycles. The first-order chi connectivity index (χ1) is 33.7. The molecular formula is C66H44N2. The molecule has 2 heteroatoms. The highest BCUT2D eigenvalue weighted by Crippen LogP contribution is 2.43. The number of anilines is 3. The van der Waals surface area contributed by atoms with Crippen molar-refractivity contribution in [3.05, 3.63) is 267 Å². The minimum absolute atomic E-state index is 1.09. The molecule has 0 spiro atoms. The summed E-state index contributed by atoms with van der Waals surface area (Å²) >= 11 is 0. The predicted molar refractivity (Wildman–Crippen MR) is 290 cm³/mol. The van der Waals surface area contributed by atoms with E-state index in [9.17, 15) is 0 Å². The molecule has 0 fully saturated rings. The Morgan fingerprint density at radius 1 is 0.250 bits per heavy atom. The summed E-state index contributed by atoms with van der Waals surface area (Å²) in [6.45, 7) is 0. The first-order valence-electron chi connectivity index (χ1n) is 23.4. The number of aromatic nitrogens is 1. The van der Waals surface area contributed by atoms with Crippen LogP contribution in [-0.2, 0) is 0 Å². The second-order valence-corrected chi connectivity index (χ2v) is 17.7. The molecule has 0 saturated carbocycles. The zero-order valence-electron chi connectivity index (χ0n) is 37.3. The number of fused-ring (bicyclic) bond motifs is 6. The fraction of sp³-hybridized carbons (Fsp3) is 0. The van der Waals surface area contributed by atoms with E-state index in [2.05, 4.69) is 276 Å². The lowest BCUT2D eigenvalue weighted by atomic mass is 9.96. The maximum absolute atomic E-state index is 2.42. The van der Waals surface area contributed by atoms with Crippen LogP contribution in [0, 0.1) is 0 Å². The summed E-state index contributed by atoms with van der Waals surface area (Å²) in [5, 5.41) is 9.97. The maximum atomic E-state index is 2.42. The monoisotopic (exact) mass is 864 g/mol. The van der Waals surface area contributed by atoms with Crippen molar-refractivity contribution in [1.82, 2.24) is 4.57 Å². The van der Waals surface area contributed by atoms with Crippen molar-refractivity contribution in [2.75, 3.05) is 4.90 Å². The molecule has 318 valence electrons. The number of rotatable bonds is 8. The average molecular weight is 865 g/mol. The van der Waals surface area contributed by atoms with Crippen LogP contribution >= 0.6 is 0 Å². The fourth-order valence-corrected chi connectivity index (χ4v) is 10.4. The van der Waals surface area contributed by atoms with Crippen LogP contribution in [0.15, 0.2) is 267 Å². The van der Waals surface area contributed by atoms with Crippen molar-refractivity contribution in [2.45, 2.75) is 0 Å². The van der Waals surface area contributed by atoms with Gasteiger partial charge < -0.3 is 9.47 Å². The van der Waals surface area contributed by atoms with Crippen LogP contribution in [0.3, 0.4) is 0 Å². The summed E-state index contributed by atoms with van der Waals surface area (Å²) < 4.78 is 2.42. The van der Waals surface area contributed by atoms with Crippen molar-refractivity contribution in [3.63, 3.8) is 0 Å². The summed E-state index contributed by atoms with van der Waals surface area (Å²) in [5.74, 6) is 0. The topological polar surface area (TPSA) is 8.17 Å². The van der Waals surface area contributed by atoms with Gasteiger partial charge in [0.15, 0.2) is 0 Å². The number of benzene rings is 12. The molecular weight excluding hydrogens is 821 g/mol. The fourth-order valence-electron chi connectivity index (χ4n) is 10.4. The van der Waals surface area contributed by atoms with Gasteiger partial charge in [-0.05, 0) is 150 Å². The van der Waals surface area contributed by atoms with Crippen LogP contribution in [0.2, 0.25) is 0 Å². The Morgan fingerprint density at radius 2 is 0.779 bits per heavy atom. The van der Waals surface area contributed by atoms with Gasteiger partial charge in [-0.15, -0.1) is 0 Å². The Labute approximate surface area is 395 Å². The van der Waals surface area contributed by atoms with Gasteiger partial charge in [0.05, 0.1) is 11.0 Å². The van der Waals surface area contributed by atoms with Crippen LogP contribution in [0.5, 0.6) is 0 Å². The molecule has 12 aromatic carbocycles. The minimum Gasteiger partial charge on any atom is -0.310 e. The second-order valence-electron chi connectivity index (χ2n) is 17.7. The summed E-state index contributed by atoms with van der Waals surface area (Å²) in [6, 6.07) is 97.5. The molecule has 2 nitrogen and oxygen atoms in total. The molecule has 13 rings (SSSR count). The van der Waals surface area contributed by atoms with E-state index >= 15 is 0 Å². The van der Waals surface area contributed by atoms with Gasteiger partial charge >= 0.3 is 0 Å². The molecule has 0 N–H and O–H groups in total. The normalized spacial score (nSPS) is 11.5. The van der Waals surface area contributed by atoms with Crippen molar-refractivity contribution < 1.29 is 0 Å². The lowest BCUT2D eigenvalue weighted by Crippen LogP contribution is -2.10. The Morgan fingerprint density at radius 3 is 1.51 bits per heavy atom. The average Bonchev–Trinajstić information content (AvgIpc) is 3.74. The highest BCUT2D eigenvalue weighted by Gasteiger charge is 2.19. The number of hydrogen-bond acceptors (Lipinski definition) is 1. The maximum Gasteiger partial charge on any atom is 0.0547 e. The molecule has 68 heavy (non-hydrogen) atoms. The van der Waals surface area contributed by atoms with E-state index in [1.54, 1.807) is 0 Å². The van der Waals surface area contributed by atoms with Gasteiger partial charge in [0.2, 0.25) is 0 Å². The summed E-state index contributed by atoms with van der Waals surface area (Å²) in [7, 11) is 0. The SMILES string of the molecule is c1ccc(-n2c3cc4ccccc4cc3c3c(-c4cccc(N(c5ccc(-c6ccc(-c7cccc8ccccc78)cc6)cc5)c5ccc(-c6ccc7ccccc7c6)cc5)c4)cccc32)cc1. The third kappa shape index (κ3) is 6.90. The molecule has 0 bridgehead atoms. The van der Waals surface area contributed by atoms with E-state index in [4.69, 9.17) is 0 Å².